The smallest absolute Gasteiger partial charge is 0.252 e. The Balaban J connectivity index is 2.50. The van der Waals surface area contributed by atoms with Gasteiger partial charge in [-0.3, -0.25) is 4.79 Å². The van der Waals surface area contributed by atoms with Gasteiger partial charge in [0.1, 0.15) is 0 Å². The molecule has 0 aliphatic rings. The van der Waals surface area contributed by atoms with Crippen LogP contribution in [0.2, 0.25) is 5.02 Å². The van der Waals surface area contributed by atoms with Crippen molar-refractivity contribution in [1.29, 1.82) is 0 Å². The van der Waals surface area contributed by atoms with E-state index in [0.717, 1.165) is 29.5 Å². The number of benzene rings is 1. The summed E-state index contributed by atoms with van der Waals surface area (Å²) in [5, 5.41) is 4.42. The first-order chi connectivity index (χ1) is 8.69. The number of nitrogens with one attached hydrogen (secondary N) is 1. The van der Waals surface area contributed by atoms with Crippen LogP contribution < -0.4 is 5.32 Å². The van der Waals surface area contributed by atoms with Gasteiger partial charge in [0.2, 0.25) is 0 Å². The van der Waals surface area contributed by atoms with E-state index in [9.17, 15) is 4.79 Å². The zero-order chi connectivity index (χ0) is 13.4. The number of hydrogen-bond acceptors (Lipinski definition) is 2. The Kier molecular flexibility index (Phi) is 7.79. The molecule has 100 valence electrons. The summed E-state index contributed by atoms with van der Waals surface area (Å²) in [6.45, 7) is 0.700. The lowest BCUT2D eigenvalue weighted by atomic mass is 10.2. The van der Waals surface area contributed by atoms with E-state index >= 15 is 0 Å². The number of carbonyl (C=O) groups excluding carboxylic acids is 1. The molecule has 0 aliphatic carbocycles. The highest BCUT2D eigenvalue weighted by Gasteiger charge is 2.10. The van der Waals surface area contributed by atoms with Gasteiger partial charge in [-0.15, -0.1) is 11.8 Å². The van der Waals surface area contributed by atoms with E-state index in [4.69, 9.17) is 11.6 Å². The van der Waals surface area contributed by atoms with Crippen molar-refractivity contribution in [1.82, 2.24) is 5.32 Å². The number of unbranched alkanes of at least 4 members (excludes halogenated alkanes) is 2. The van der Waals surface area contributed by atoms with Crippen LogP contribution in [0, 0.1) is 0 Å². The zero-order valence-corrected chi connectivity index (χ0v) is 13.5. The van der Waals surface area contributed by atoms with Crippen LogP contribution in [0.1, 0.15) is 29.6 Å². The minimum Gasteiger partial charge on any atom is -0.352 e. The Morgan fingerprint density at radius 3 is 2.83 bits per heavy atom. The van der Waals surface area contributed by atoms with Gasteiger partial charge in [-0.1, -0.05) is 34.0 Å². The first-order valence-electron chi connectivity index (χ1n) is 5.86. The first-order valence-corrected chi connectivity index (χ1v) is 8.59. The summed E-state index contributed by atoms with van der Waals surface area (Å²) in [4.78, 5) is 13.0. The molecule has 5 heteroatoms. The molecule has 1 rings (SSSR count). The molecular formula is C13H17BrClNOS. The molecule has 0 spiro atoms. The molecule has 0 unspecified atom stereocenters. The van der Waals surface area contributed by atoms with E-state index in [0.29, 0.717) is 17.1 Å². The number of alkyl halides is 1. The molecular weight excluding hydrogens is 334 g/mol. The zero-order valence-electron chi connectivity index (χ0n) is 10.3. The van der Waals surface area contributed by atoms with E-state index in [1.807, 2.05) is 18.4 Å². The second kappa shape index (κ2) is 8.83. The summed E-state index contributed by atoms with van der Waals surface area (Å²) >= 11 is 11.0. The van der Waals surface area contributed by atoms with Crippen molar-refractivity contribution in [2.75, 3.05) is 18.1 Å². The maximum atomic E-state index is 12.0. The van der Waals surface area contributed by atoms with Gasteiger partial charge in [0.25, 0.3) is 5.91 Å². The Labute approximate surface area is 126 Å². The minimum atomic E-state index is -0.0882. The molecule has 0 aromatic heterocycles. The largest absolute Gasteiger partial charge is 0.352 e. The third-order valence-electron chi connectivity index (χ3n) is 2.51. The highest BCUT2D eigenvalue weighted by molar-refractivity contribution is 9.09. The average molecular weight is 351 g/mol. The standard InChI is InChI=1S/C13H17BrClNOS/c1-18-10-5-6-12(15)11(9-10)13(17)16-8-4-2-3-7-14/h5-6,9H,2-4,7-8H2,1H3,(H,16,17). The van der Waals surface area contributed by atoms with E-state index < -0.39 is 0 Å². The van der Waals surface area contributed by atoms with Crippen LogP contribution in [0.4, 0.5) is 0 Å². The van der Waals surface area contributed by atoms with Gasteiger partial charge in [-0.2, -0.15) is 0 Å². The molecule has 1 aromatic carbocycles. The lowest BCUT2D eigenvalue weighted by Crippen LogP contribution is -2.24. The monoisotopic (exact) mass is 349 g/mol. The fourth-order valence-corrected chi connectivity index (χ4v) is 2.54. The molecule has 2 nitrogen and oxygen atoms in total. The first kappa shape index (κ1) is 15.9. The molecule has 0 saturated carbocycles. The average Bonchev–Trinajstić information content (AvgIpc) is 2.39. The van der Waals surface area contributed by atoms with Crippen molar-refractivity contribution in [2.45, 2.75) is 24.2 Å². The molecule has 0 aliphatic heterocycles. The molecule has 1 amide bonds. The second-order valence-corrected chi connectivity index (χ2v) is 5.93. The van der Waals surface area contributed by atoms with Gasteiger partial charge in [0.05, 0.1) is 10.6 Å². The fourth-order valence-electron chi connectivity index (χ4n) is 1.50. The quantitative estimate of drug-likeness (QED) is 0.450. The second-order valence-electron chi connectivity index (χ2n) is 3.85. The molecule has 0 fully saturated rings. The molecule has 0 saturated heterocycles. The van der Waals surface area contributed by atoms with Crippen LogP contribution in [0.3, 0.4) is 0 Å². The summed E-state index contributed by atoms with van der Waals surface area (Å²) in [6.07, 6.45) is 5.23. The lowest BCUT2D eigenvalue weighted by Gasteiger charge is -2.07. The van der Waals surface area contributed by atoms with E-state index in [1.54, 1.807) is 17.8 Å². The molecule has 1 N–H and O–H groups in total. The number of amides is 1. The number of thioether (sulfide) groups is 1. The van der Waals surface area contributed by atoms with Crippen molar-refractivity contribution >= 4 is 45.2 Å². The molecule has 18 heavy (non-hydrogen) atoms. The maximum Gasteiger partial charge on any atom is 0.252 e. The summed E-state index contributed by atoms with van der Waals surface area (Å²) in [7, 11) is 0. The minimum absolute atomic E-state index is 0.0882. The SMILES string of the molecule is CSc1ccc(Cl)c(C(=O)NCCCCCBr)c1. The van der Waals surface area contributed by atoms with Gasteiger partial charge in [0, 0.05) is 16.8 Å². The lowest BCUT2D eigenvalue weighted by molar-refractivity contribution is 0.0953. The normalized spacial score (nSPS) is 10.4. The molecule has 1 aromatic rings. The Morgan fingerprint density at radius 2 is 2.17 bits per heavy atom. The molecule has 0 atom stereocenters. The van der Waals surface area contributed by atoms with E-state index in [2.05, 4.69) is 21.2 Å². The van der Waals surface area contributed by atoms with Gasteiger partial charge in [0.15, 0.2) is 0 Å². The third-order valence-corrected chi connectivity index (χ3v) is 4.13. The predicted octanol–water partition coefficient (Wildman–Crippen LogP) is 4.36. The van der Waals surface area contributed by atoms with Crippen molar-refractivity contribution in [3.8, 4) is 0 Å². The fraction of sp³-hybridized carbons (Fsp3) is 0.462. The Bertz CT molecular complexity index is 401. The van der Waals surface area contributed by atoms with Crippen LogP contribution in [0.25, 0.3) is 0 Å². The van der Waals surface area contributed by atoms with Crippen molar-refractivity contribution < 1.29 is 4.79 Å². The van der Waals surface area contributed by atoms with Gasteiger partial charge >= 0.3 is 0 Å². The van der Waals surface area contributed by atoms with Crippen molar-refractivity contribution in [3.05, 3.63) is 28.8 Å². The summed E-state index contributed by atoms with van der Waals surface area (Å²) in [6, 6.07) is 5.52. The van der Waals surface area contributed by atoms with Crippen molar-refractivity contribution in [3.63, 3.8) is 0 Å². The van der Waals surface area contributed by atoms with Gasteiger partial charge < -0.3 is 5.32 Å². The maximum absolute atomic E-state index is 12.0. The Hall–Kier alpha value is -0.190. The highest BCUT2D eigenvalue weighted by Crippen LogP contribution is 2.22. The number of hydrogen-bond donors (Lipinski definition) is 1. The highest BCUT2D eigenvalue weighted by atomic mass is 79.9. The van der Waals surface area contributed by atoms with Crippen LogP contribution >= 0.6 is 39.3 Å². The predicted molar refractivity (Wildman–Crippen MR) is 83.2 cm³/mol. The van der Waals surface area contributed by atoms with Crippen molar-refractivity contribution in [2.24, 2.45) is 0 Å². The summed E-state index contributed by atoms with van der Waals surface area (Å²) < 4.78 is 0. The van der Waals surface area contributed by atoms with Crippen LogP contribution in [0.5, 0.6) is 0 Å². The van der Waals surface area contributed by atoms with Crippen LogP contribution in [-0.4, -0.2) is 24.0 Å². The number of rotatable bonds is 7. The summed E-state index contributed by atoms with van der Waals surface area (Å²) in [5.41, 5.74) is 0.559. The van der Waals surface area contributed by atoms with Gasteiger partial charge in [-0.25, -0.2) is 0 Å². The third kappa shape index (κ3) is 5.21. The van der Waals surface area contributed by atoms with Crippen LogP contribution in [0.15, 0.2) is 23.1 Å². The van der Waals surface area contributed by atoms with E-state index in [-0.39, 0.29) is 5.91 Å². The number of carbonyl (C=O) groups is 1. The Morgan fingerprint density at radius 1 is 1.39 bits per heavy atom. The molecule has 0 radical (unpaired) electrons. The topological polar surface area (TPSA) is 29.1 Å². The van der Waals surface area contributed by atoms with E-state index in [1.165, 1.54) is 0 Å². The number of halogens is 2. The molecule has 0 heterocycles. The van der Waals surface area contributed by atoms with Gasteiger partial charge in [-0.05, 0) is 37.3 Å². The summed E-state index contributed by atoms with van der Waals surface area (Å²) in [5.74, 6) is -0.0882. The van der Waals surface area contributed by atoms with Crippen LogP contribution in [-0.2, 0) is 0 Å². The molecule has 0 bridgehead atoms.